The van der Waals surface area contributed by atoms with Crippen LogP contribution in [0.25, 0.3) is 26.9 Å². The SMILES string of the molecule is CCCOc1ccc(/C=C/C(=O)Nc2ccc(-c3nc4ccc(C)cc4s3)cc2)cc1OC. The number of methoxy groups -OCH3 is 1. The molecule has 0 atom stereocenters. The van der Waals surface area contributed by atoms with Crippen molar-refractivity contribution < 1.29 is 14.3 Å². The fraction of sp³-hybridized carbons (Fsp3) is 0.185. The second kappa shape index (κ2) is 10.3. The fourth-order valence-corrected chi connectivity index (χ4v) is 4.40. The van der Waals surface area contributed by atoms with Crippen molar-refractivity contribution in [2.75, 3.05) is 19.0 Å². The summed E-state index contributed by atoms with van der Waals surface area (Å²) in [5, 5.41) is 3.86. The molecule has 1 aromatic heterocycles. The molecule has 1 N–H and O–H groups in total. The Morgan fingerprint density at radius 1 is 1.06 bits per heavy atom. The van der Waals surface area contributed by atoms with Crippen LogP contribution in [0.1, 0.15) is 24.5 Å². The number of thiazole rings is 1. The molecule has 4 rings (SSSR count). The normalized spacial score (nSPS) is 11.1. The molecule has 0 radical (unpaired) electrons. The summed E-state index contributed by atoms with van der Waals surface area (Å²) in [6.07, 6.45) is 4.18. The van der Waals surface area contributed by atoms with Crippen LogP contribution in [0.15, 0.2) is 66.7 Å². The number of nitrogens with one attached hydrogen (secondary N) is 1. The Morgan fingerprint density at radius 2 is 1.88 bits per heavy atom. The topological polar surface area (TPSA) is 60.5 Å². The monoisotopic (exact) mass is 458 g/mol. The molecule has 1 amide bonds. The number of hydrogen-bond acceptors (Lipinski definition) is 5. The zero-order valence-corrected chi connectivity index (χ0v) is 19.7. The van der Waals surface area contributed by atoms with Gasteiger partial charge in [0.2, 0.25) is 5.91 Å². The van der Waals surface area contributed by atoms with Crippen molar-refractivity contribution in [3.63, 3.8) is 0 Å². The minimum absolute atomic E-state index is 0.205. The van der Waals surface area contributed by atoms with E-state index in [1.54, 1.807) is 24.5 Å². The number of amides is 1. The summed E-state index contributed by atoms with van der Waals surface area (Å²) in [5.41, 5.74) is 4.84. The third-order valence-corrected chi connectivity index (χ3v) is 6.09. The van der Waals surface area contributed by atoms with E-state index in [1.165, 1.54) is 16.3 Å². The first-order valence-electron chi connectivity index (χ1n) is 10.8. The van der Waals surface area contributed by atoms with Crippen molar-refractivity contribution in [2.24, 2.45) is 0 Å². The molecular weight excluding hydrogens is 432 g/mol. The molecule has 0 bridgehead atoms. The van der Waals surface area contributed by atoms with Gasteiger partial charge in [-0.15, -0.1) is 11.3 Å². The van der Waals surface area contributed by atoms with E-state index in [1.807, 2.05) is 48.5 Å². The van der Waals surface area contributed by atoms with E-state index in [2.05, 4.69) is 31.3 Å². The number of ether oxygens (including phenoxy) is 2. The zero-order valence-electron chi connectivity index (χ0n) is 18.9. The molecule has 6 heteroatoms. The number of benzene rings is 3. The molecule has 3 aromatic carbocycles. The van der Waals surface area contributed by atoms with Gasteiger partial charge in [0.25, 0.3) is 0 Å². The number of rotatable bonds is 8. The average Bonchev–Trinajstić information content (AvgIpc) is 3.25. The van der Waals surface area contributed by atoms with E-state index < -0.39 is 0 Å². The summed E-state index contributed by atoms with van der Waals surface area (Å²) in [7, 11) is 1.60. The van der Waals surface area contributed by atoms with Gasteiger partial charge in [-0.2, -0.15) is 0 Å². The molecule has 0 saturated carbocycles. The van der Waals surface area contributed by atoms with E-state index in [0.717, 1.165) is 33.8 Å². The molecule has 5 nitrogen and oxygen atoms in total. The van der Waals surface area contributed by atoms with Crippen molar-refractivity contribution in [1.29, 1.82) is 0 Å². The lowest BCUT2D eigenvalue weighted by Gasteiger charge is -2.10. The third-order valence-electron chi connectivity index (χ3n) is 5.02. The first kappa shape index (κ1) is 22.6. The van der Waals surface area contributed by atoms with Crippen molar-refractivity contribution in [3.05, 3.63) is 77.9 Å². The molecule has 168 valence electrons. The molecule has 33 heavy (non-hydrogen) atoms. The number of carbonyl (C=O) groups is 1. The average molecular weight is 459 g/mol. The van der Waals surface area contributed by atoms with Crippen molar-refractivity contribution in [2.45, 2.75) is 20.3 Å². The van der Waals surface area contributed by atoms with Crippen LogP contribution in [-0.4, -0.2) is 24.6 Å². The van der Waals surface area contributed by atoms with Crippen molar-refractivity contribution in [1.82, 2.24) is 4.98 Å². The van der Waals surface area contributed by atoms with Crippen molar-refractivity contribution >= 4 is 39.2 Å². The Balaban J connectivity index is 1.40. The number of aromatic nitrogens is 1. The largest absolute Gasteiger partial charge is 0.493 e. The summed E-state index contributed by atoms with van der Waals surface area (Å²) in [4.78, 5) is 17.1. The number of fused-ring (bicyclic) bond motifs is 1. The first-order valence-corrected chi connectivity index (χ1v) is 11.6. The lowest BCUT2D eigenvalue weighted by molar-refractivity contribution is -0.111. The smallest absolute Gasteiger partial charge is 0.248 e. The van der Waals surface area contributed by atoms with E-state index >= 15 is 0 Å². The Hall–Kier alpha value is -3.64. The molecule has 0 aliphatic heterocycles. The number of nitrogens with zero attached hydrogens (tertiary/aromatic N) is 1. The van der Waals surface area contributed by atoms with Crippen LogP contribution in [0.5, 0.6) is 11.5 Å². The van der Waals surface area contributed by atoms with Gasteiger partial charge < -0.3 is 14.8 Å². The number of hydrogen-bond donors (Lipinski definition) is 1. The van der Waals surface area contributed by atoms with E-state index in [4.69, 9.17) is 14.5 Å². The standard InChI is InChI=1S/C27H26N2O3S/c1-4-15-32-23-13-6-19(17-24(23)31-3)7-14-26(30)28-21-10-8-20(9-11-21)27-29-22-12-5-18(2)16-25(22)33-27/h5-14,16-17H,4,15H2,1-3H3,(H,28,30)/b14-7+. The van der Waals surface area contributed by atoms with Gasteiger partial charge >= 0.3 is 0 Å². The maximum Gasteiger partial charge on any atom is 0.248 e. The summed E-state index contributed by atoms with van der Waals surface area (Å²) in [5.74, 6) is 1.14. The molecule has 0 saturated heterocycles. The minimum atomic E-state index is -0.205. The highest BCUT2D eigenvalue weighted by atomic mass is 32.1. The van der Waals surface area contributed by atoms with E-state index in [-0.39, 0.29) is 5.91 Å². The lowest BCUT2D eigenvalue weighted by Crippen LogP contribution is -2.07. The highest BCUT2D eigenvalue weighted by molar-refractivity contribution is 7.21. The second-order valence-corrected chi connectivity index (χ2v) is 8.68. The van der Waals surface area contributed by atoms with Gasteiger partial charge in [-0.3, -0.25) is 4.79 Å². The third kappa shape index (κ3) is 5.59. The van der Waals surface area contributed by atoms with Gasteiger partial charge in [0, 0.05) is 17.3 Å². The van der Waals surface area contributed by atoms with Crippen LogP contribution >= 0.6 is 11.3 Å². The minimum Gasteiger partial charge on any atom is -0.493 e. The summed E-state index contributed by atoms with van der Waals surface area (Å²) < 4.78 is 12.2. The molecule has 0 aliphatic rings. The lowest BCUT2D eigenvalue weighted by atomic mass is 10.2. The van der Waals surface area contributed by atoms with Gasteiger partial charge in [-0.25, -0.2) is 4.98 Å². The van der Waals surface area contributed by atoms with Gasteiger partial charge in [0.1, 0.15) is 5.01 Å². The Labute approximate surface area is 197 Å². The number of anilines is 1. The molecule has 0 unspecified atom stereocenters. The van der Waals surface area contributed by atoms with E-state index in [9.17, 15) is 4.79 Å². The summed E-state index contributed by atoms with van der Waals surface area (Å²) in [6, 6.07) is 19.6. The molecule has 4 aromatic rings. The fourth-order valence-electron chi connectivity index (χ4n) is 3.33. The quantitative estimate of drug-likeness (QED) is 0.298. The Kier molecular flexibility index (Phi) is 7.05. The van der Waals surface area contributed by atoms with Gasteiger partial charge in [-0.05, 0) is 79.1 Å². The molecule has 0 aliphatic carbocycles. The van der Waals surface area contributed by atoms with Gasteiger partial charge in [0.15, 0.2) is 11.5 Å². The van der Waals surface area contributed by atoms with E-state index in [0.29, 0.717) is 18.1 Å². The summed E-state index contributed by atoms with van der Waals surface area (Å²) >= 11 is 1.67. The van der Waals surface area contributed by atoms with Crippen molar-refractivity contribution in [3.8, 4) is 22.1 Å². The predicted octanol–water partition coefficient (Wildman–Crippen LogP) is 6.72. The Morgan fingerprint density at radius 3 is 2.64 bits per heavy atom. The highest BCUT2D eigenvalue weighted by Crippen LogP contribution is 2.31. The van der Waals surface area contributed by atoms with Crippen LogP contribution in [0.2, 0.25) is 0 Å². The highest BCUT2D eigenvalue weighted by Gasteiger charge is 2.08. The van der Waals surface area contributed by atoms with Gasteiger partial charge in [-0.1, -0.05) is 19.1 Å². The number of aryl methyl sites for hydroxylation is 1. The summed E-state index contributed by atoms with van der Waals surface area (Å²) in [6.45, 7) is 4.76. The molecule has 1 heterocycles. The zero-order chi connectivity index (χ0) is 23.2. The molecular formula is C27H26N2O3S. The van der Waals surface area contributed by atoms with Crippen LogP contribution in [0.3, 0.4) is 0 Å². The maximum atomic E-state index is 12.4. The second-order valence-electron chi connectivity index (χ2n) is 7.65. The van der Waals surface area contributed by atoms with Crippen LogP contribution in [-0.2, 0) is 4.79 Å². The van der Waals surface area contributed by atoms with Gasteiger partial charge in [0.05, 0.1) is 23.9 Å². The number of carbonyl (C=O) groups excluding carboxylic acids is 1. The first-order chi connectivity index (χ1) is 16.1. The van der Waals surface area contributed by atoms with Crippen LogP contribution in [0, 0.1) is 6.92 Å². The molecule has 0 fully saturated rings. The van der Waals surface area contributed by atoms with Crippen LogP contribution in [0.4, 0.5) is 5.69 Å². The van der Waals surface area contributed by atoms with Crippen LogP contribution < -0.4 is 14.8 Å². The molecule has 0 spiro atoms. The predicted molar refractivity (Wildman–Crippen MR) is 136 cm³/mol. The Bertz CT molecular complexity index is 1290. The maximum absolute atomic E-state index is 12.4.